The maximum atomic E-state index is 12.0. The number of carbonyl (C=O) groups is 1. The molecule has 1 aromatic heterocycles. The fourth-order valence-corrected chi connectivity index (χ4v) is 5.46. The minimum Gasteiger partial charge on any atom is -0.488 e. The first-order valence-corrected chi connectivity index (χ1v) is 12.3. The average molecular weight is 459 g/mol. The Balaban J connectivity index is 1.02. The quantitative estimate of drug-likeness (QED) is 0.598. The van der Waals surface area contributed by atoms with Crippen molar-refractivity contribution in [2.45, 2.75) is 44.2 Å². The smallest absolute Gasteiger partial charge is 0.222 e. The Morgan fingerprint density at radius 2 is 1.85 bits per heavy atom. The monoisotopic (exact) mass is 458 g/mol. The molecule has 0 bridgehead atoms. The fourth-order valence-electron chi connectivity index (χ4n) is 5.46. The van der Waals surface area contributed by atoms with E-state index in [1.165, 1.54) is 5.56 Å². The molecule has 3 aromatic rings. The minimum absolute atomic E-state index is 0.170. The van der Waals surface area contributed by atoms with Gasteiger partial charge in [-0.3, -0.25) is 14.8 Å². The molecule has 4 heterocycles. The highest BCUT2D eigenvalue weighted by atomic mass is 16.5. The first-order valence-electron chi connectivity index (χ1n) is 12.3. The van der Waals surface area contributed by atoms with Crippen molar-refractivity contribution < 1.29 is 14.3 Å². The topological polar surface area (TPSA) is 70.7 Å². The van der Waals surface area contributed by atoms with Crippen LogP contribution in [0, 0.1) is 0 Å². The summed E-state index contributed by atoms with van der Waals surface area (Å²) in [6.07, 6.45) is 6.75. The lowest BCUT2D eigenvalue weighted by Gasteiger charge is -2.37. The van der Waals surface area contributed by atoms with Crippen LogP contribution >= 0.6 is 0 Å². The lowest BCUT2D eigenvalue weighted by molar-refractivity contribution is -0.130. The summed E-state index contributed by atoms with van der Waals surface area (Å²) in [5, 5.41) is 6.97. The third-order valence-electron chi connectivity index (χ3n) is 7.25. The van der Waals surface area contributed by atoms with Gasteiger partial charge in [0, 0.05) is 57.3 Å². The lowest BCUT2D eigenvalue weighted by Crippen LogP contribution is -2.47. The standard InChI is InChI=1S/C27H30N4O3/c32-27-2-1-13-31(27)21-10-14-30(15-11-21)18-24-16-20-5-8-23(17-26(20)34-24)33-22-6-3-19(4-7-22)25-9-12-28-29-25/h3-9,12,17,21,24H,1-2,10-11,13-16,18H2,(H,28,29). The molecule has 6 rings (SSSR count). The third-order valence-corrected chi connectivity index (χ3v) is 7.25. The van der Waals surface area contributed by atoms with Crippen molar-refractivity contribution in [1.82, 2.24) is 20.0 Å². The zero-order valence-corrected chi connectivity index (χ0v) is 19.3. The molecule has 7 heteroatoms. The van der Waals surface area contributed by atoms with Gasteiger partial charge in [0.25, 0.3) is 0 Å². The molecule has 1 N–H and O–H groups in total. The maximum absolute atomic E-state index is 12.0. The van der Waals surface area contributed by atoms with E-state index in [0.717, 1.165) is 86.8 Å². The van der Waals surface area contributed by atoms with E-state index in [-0.39, 0.29) is 6.10 Å². The Kier molecular flexibility index (Phi) is 5.71. The van der Waals surface area contributed by atoms with Crippen LogP contribution in [-0.2, 0) is 11.2 Å². The molecule has 2 fully saturated rings. The molecule has 1 atom stereocenters. The van der Waals surface area contributed by atoms with E-state index < -0.39 is 0 Å². The number of hydrogen-bond donors (Lipinski definition) is 1. The third kappa shape index (κ3) is 4.40. The summed E-state index contributed by atoms with van der Waals surface area (Å²) in [5.74, 6) is 2.84. The normalized spacial score (nSPS) is 21.0. The fraction of sp³-hybridized carbons (Fsp3) is 0.407. The molecule has 7 nitrogen and oxygen atoms in total. The highest BCUT2D eigenvalue weighted by Crippen LogP contribution is 2.35. The van der Waals surface area contributed by atoms with Crippen molar-refractivity contribution in [1.29, 1.82) is 0 Å². The number of rotatable bonds is 6. The zero-order chi connectivity index (χ0) is 22.9. The average Bonchev–Trinajstić information content (AvgIpc) is 3.61. The van der Waals surface area contributed by atoms with Gasteiger partial charge in [-0.1, -0.05) is 6.07 Å². The molecule has 1 amide bonds. The predicted molar refractivity (Wildman–Crippen MR) is 129 cm³/mol. The number of piperidine rings is 1. The van der Waals surface area contributed by atoms with E-state index in [2.05, 4.69) is 26.1 Å². The van der Waals surface area contributed by atoms with Gasteiger partial charge >= 0.3 is 0 Å². The highest BCUT2D eigenvalue weighted by molar-refractivity contribution is 5.78. The van der Waals surface area contributed by atoms with E-state index in [1.807, 2.05) is 42.5 Å². The second kappa shape index (κ2) is 9.14. The largest absolute Gasteiger partial charge is 0.488 e. The Labute approximate surface area is 199 Å². The number of nitrogens with zero attached hydrogens (tertiary/aromatic N) is 3. The molecule has 3 aliphatic rings. The van der Waals surface area contributed by atoms with E-state index in [9.17, 15) is 4.79 Å². The number of likely N-dealkylation sites (tertiary alicyclic amines) is 2. The van der Waals surface area contributed by atoms with Crippen LogP contribution in [-0.4, -0.2) is 64.2 Å². The van der Waals surface area contributed by atoms with Gasteiger partial charge in [-0.05, 0) is 66.8 Å². The Morgan fingerprint density at radius 3 is 2.59 bits per heavy atom. The van der Waals surface area contributed by atoms with Crippen LogP contribution in [0.25, 0.3) is 11.3 Å². The number of H-pyrrole nitrogens is 1. The molecule has 0 aliphatic carbocycles. The Bertz CT molecular complexity index is 1140. The Hall–Kier alpha value is -3.32. The van der Waals surface area contributed by atoms with E-state index in [1.54, 1.807) is 6.20 Å². The molecular formula is C27H30N4O3. The number of carbonyl (C=O) groups excluding carboxylic acids is 1. The molecule has 2 saturated heterocycles. The van der Waals surface area contributed by atoms with Gasteiger partial charge in [-0.25, -0.2) is 0 Å². The second-order valence-corrected chi connectivity index (χ2v) is 9.53. The number of aromatic amines is 1. The molecule has 176 valence electrons. The van der Waals surface area contributed by atoms with Gasteiger partial charge in [0.05, 0.1) is 5.69 Å². The Morgan fingerprint density at radius 1 is 1.03 bits per heavy atom. The summed E-state index contributed by atoms with van der Waals surface area (Å²) < 4.78 is 12.4. The van der Waals surface area contributed by atoms with Gasteiger partial charge in [0.1, 0.15) is 23.4 Å². The number of fused-ring (bicyclic) bond motifs is 1. The molecule has 34 heavy (non-hydrogen) atoms. The van der Waals surface area contributed by atoms with Crippen molar-refractivity contribution in [2.75, 3.05) is 26.2 Å². The summed E-state index contributed by atoms with van der Waals surface area (Å²) in [5.41, 5.74) is 3.29. The number of amides is 1. The van der Waals surface area contributed by atoms with Gasteiger partial charge in [-0.2, -0.15) is 5.10 Å². The van der Waals surface area contributed by atoms with Crippen molar-refractivity contribution in [3.8, 4) is 28.5 Å². The van der Waals surface area contributed by atoms with Crippen LogP contribution < -0.4 is 9.47 Å². The van der Waals surface area contributed by atoms with Crippen molar-refractivity contribution >= 4 is 5.91 Å². The SMILES string of the molecule is O=C1CCCN1C1CCN(CC2Cc3ccc(Oc4ccc(-c5ccn[nH]5)cc4)cc3O2)CC1. The van der Waals surface area contributed by atoms with E-state index >= 15 is 0 Å². The molecule has 0 spiro atoms. The first-order chi connectivity index (χ1) is 16.7. The molecule has 1 unspecified atom stereocenters. The van der Waals surface area contributed by atoms with E-state index in [0.29, 0.717) is 11.9 Å². The van der Waals surface area contributed by atoms with Crippen molar-refractivity contribution in [3.63, 3.8) is 0 Å². The predicted octanol–water partition coefficient (Wildman–Crippen LogP) is 4.26. The van der Waals surface area contributed by atoms with Crippen molar-refractivity contribution in [3.05, 3.63) is 60.3 Å². The summed E-state index contributed by atoms with van der Waals surface area (Å²) in [7, 11) is 0. The summed E-state index contributed by atoms with van der Waals surface area (Å²) in [4.78, 5) is 16.7. The molecular weight excluding hydrogens is 428 g/mol. The molecule has 0 saturated carbocycles. The van der Waals surface area contributed by atoms with Gasteiger partial charge in [0.2, 0.25) is 5.91 Å². The van der Waals surface area contributed by atoms with Crippen molar-refractivity contribution in [2.24, 2.45) is 0 Å². The highest BCUT2D eigenvalue weighted by Gasteiger charge is 2.32. The number of nitrogens with one attached hydrogen (secondary N) is 1. The van der Waals surface area contributed by atoms with Gasteiger partial charge in [0.15, 0.2) is 0 Å². The zero-order valence-electron chi connectivity index (χ0n) is 19.3. The molecule has 3 aliphatic heterocycles. The molecule has 2 aromatic carbocycles. The van der Waals surface area contributed by atoms with Crippen LogP contribution in [0.2, 0.25) is 0 Å². The van der Waals surface area contributed by atoms with Crippen LogP contribution in [0.1, 0.15) is 31.2 Å². The van der Waals surface area contributed by atoms with E-state index in [4.69, 9.17) is 9.47 Å². The molecule has 0 radical (unpaired) electrons. The van der Waals surface area contributed by atoms with Crippen LogP contribution in [0.4, 0.5) is 0 Å². The minimum atomic E-state index is 0.170. The maximum Gasteiger partial charge on any atom is 0.222 e. The second-order valence-electron chi connectivity index (χ2n) is 9.53. The van der Waals surface area contributed by atoms with Crippen LogP contribution in [0.15, 0.2) is 54.7 Å². The van der Waals surface area contributed by atoms with Crippen LogP contribution in [0.5, 0.6) is 17.2 Å². The van der Waals surface area contributed by atoms with Gasteiger partial charge in [-0.15, -0.1) is 0 Å². The van der Waals surface area contributed by atoms with Crippen LogP contribution in [0.3, 0.4) is 0 Å². The summed E-state index contributed by atoms with van der Waals surface area (Å²) in [6.45, 7) is 3.95. The first kappa shape index (κ1) is 21.2. The summed E-state index contributed by atoms with van der Waals surface area (Å²) in [6, 6.07) is 16.5. The van der Waals surface area contributed by atoms with Gasteiger partial charge < -0.3 is 14.4 Å². The number of hydrogen-bond acceptors (Lipinski definition) is 5. The summed E-state index contributed by atoms with van der Waals surface area (Å²) >= 11 is 0. The number of aromatic nitrogens is 2. The number of ether oxygens (including phenoxy) is 2. The number of benzene rings is 2. The lowest BCUT2D eigenvalue weighted by atomic mass is 10.0.